The van der Waals surface area contributed by atoms with Crippen LogP contribution in [-0.4, -0.2) is 30.5 Å². The maximum atomic E-state index is 13.0. The van der Waals surface area contributed by atoms with Crippen LogP contribution in [-0.2, 0) is 16.6 Å². The molecule has 9 nitrogen and oxygen atoms in total. The zero-order valence-electron chi connectivity index (χ0n) is 16.2. The number of nitriles is 1. The highest BCUT2D eigenvalue weighted by Gasteiger charge is 2.24. The molecule has 0 unspecified atom stereocenters. The van der Waals surface area contributed by atoms with Gasteiger partial charge in [0.2, 0.25) is 0 Å². The van der Waals surface area contributed by atoms with Crippen LogP contribution < -0.4 is 9.46 Å². The van der Waals surface area contributed by atoms with E-state index in [1.807, 2.05) is 18.3 Å². The number of nitrogens with one attached hydrogen (secondary N) is 1. The molecule has 0 saturated heterocycles. The van der Waals surface area contributed by atoms with Gasteiger partial charge in [0.15, 0.2) is 11.4 Å². The second-order valence-electron chi connectivity index (χ2n) is 6.57. The van der Waals surface area contributed by atoms with Crippen LogP contribution in [0.5, 0.6) is 5.75 Å². The summed E-state index contributed by atoms with van der Waals surface area (Å²) in [5.74, 6) is 0.385. The molecule has 0 amide bonds. The van der Waals surface area contributed by atoms with Crippen LogP contribution in [0.2, 0.25) is 0 Å². The van der Waals surface area contributed by atoms with E-state index in [-0.39, 0.29) is 16.3 Å². The summed E-state index contributed by atoms with van der Waals surface area (Å²) in [7, 11) is -2.60. The van der Waals surface area contributed by atoms with Crippen molar-refractivity contribution in [3.8, 4) is 11.8 Å². The number of hydrogen-bond acceptors (Lipinski definition) is 7. The number of benzene rings is 2. The molecule has 4 aromatic rings. The average Bonchev–Trinajstić information content (AvgIpc) is 3.37. The molecule has 0 saturated carbocycles. The van der Waals surface area contributed by atoms with E-state index in [0.717, 1.165) is 5.56 Å². The predicted molar refractivity (Wildman–Crippen MR) is 109 cm³/mol. The molecule has 2 aromatic heterocycles. The molecular formula is C20H17N5O4S. The first kappa shape index (κ1) is 19.5. The SMILES string of the molecule is COc1cc(Cn2cccn2)cc2onc(NS(=O)(=O)c3cccc(C)c3C#N)c12. The Morgan fingerprint density at radius 2 is 2.13 bits per heavy atom. The second kappa shape index (κ2) is 7.53. The zero-order valence-corrected chi connectivity index (χ0v) is 17.0. The van der Waals surface area contributed by atoms with Crippen molar-refractivity contribution in [2.75, 3.05) is 11.8 Å². The van der Waals surface area contributed by atoms with E-state index in [1.54, 1.807) is 42.1 Å². The average molecular weight is 423 g/mol. The van der Waals surface area contributed by atoms with Gasteiger partial charge in [0.05, 0.1) is 19.2 Å². The normalized spacial score (nSPS) is 11.4. The third kappa shape index (κ3) is 3.46. The van der Waals surface area contributed by atoms with Gasteiger partial charge in [0.25, 0.3) is 10.0 Å². The Kier molecular flexibility index (Phi) is 4.89. The standard InChI is InChI=1S/C20H17N5O4S/c1-13-5-3-6-18(15(13)11-21)30(26,27)24-20-19-16(28-2)9-14(10-17(19)29-23-20)12-25-8-4-7-22-25/h3-10H,12H2,1-2H3,(H,23,24). The van der Waals surface area contributed by atoms with Gasteiger partial charge >= 0.3 is 0 Å². The van der Waals surface area contributed by atoms with Crippen molar-refractivity contribution in [3.05, 3.63) is 65.5 Å². The lowest BCUT2D eigenvalue weighted by Gasteiger charge is -2.10. The summed E-state index contributed by atoms with van der Waals surface area (Å²) in [5.41, 5.74) is 1.84. The lowest BCUT2D eigenvalue weighted by Crippen LogP contribution is -2.15. The smallest absolute Gasteiger partial charge is 0.264 e. The first-order valence-corrected chi connectivity index (χ1v) is 10.4. The van der Waals surface area contributed by atoms with Gasteiger partial charge in [-0.2, -0.15) is 10.4 Å². The van der Waals surface area contributed by atoms with Gasteiger partial charge in [-0.05, 0) is 42.3 Å². The van der Waals surface area contributed by atoms with Gasteiger partial charge in [-0.3, -0.25) is 9.40 Å². The minimum Gasteiger partial charge on any atom is -0.496 e. The van der Waals surface area contributed by atoms with E-state index in [0.29, 0.717) is 28.8 Å². The number of hydrogen-bond donors (Lipinski definition) is 1. The van der Waals surface area contributed by atoms with Gasteiger partial charge in [-0.15, -0.1) is 0 Å². The molecule has 0 radical (unpaired) electrons. The molecule has 2 heterocycles. The molecule has 0 atom stereocenters. The minimum absolute atomic E-state index is 0.0158. The van der Waals surface area contributed by atoms with E-state index < -0.39 is 10.0 Å². The first-order chi connectivity index (χ1) is 14.4. The Morgan fingerprint density at radius 1 is 1.30 bits per heavy atom. The summed E-state index contributed by atoms with van der Waals surface area (Å²) >= 11 is 0. The summed E-state index contributed by atoms with van der Waals surface area (Å²) in [4.78, 5) is -0.129. The Morgan fingerprint density at radius 3 is 2.83 bits per heavy atom. The molecular weight excluding hydrogens is 406 g/mol. The first-order valence-electron chi connectivity index (χ1n) is 8.89. The Labute approximate surface area is 172 Å². The molecule has 0 aliphatic carbocycles. The number of sulfonamides is 1. The number of fused-ring (bicyclic) bond motifs is 1. The highest BCUT2D eigenvalue weighted by molar-refractivity contribution is 7.92. The van der Waals surface area contributed by atoms with Crippen LogP contribution in [0.4, 0.5) is 5.82 Å². The predicted octanol–water partition coefficient (Wildman–Crippen LogP) is 3.06. The lowest BCUT2D eigenvalue weighted by molar-refractivity contribution is 0.418. The molecule has 0 fully saturated rings. The lowest BCUT2D eigenvalue weighted by atomic mass is 10.1. The Hall–Kier alpha value is -3.84. The molecule has 2 aromatic carbocycles. The van der Waals surface area contributed by atoms with Gasteiger partial charge in [-0.25, -0.2) is 8.42 Å². The monoisotopic (exact) mass is 423 g/mol. The van der Waals surface area contributed by atoms with Crippen molar-refractivity contribution in [1.82, 2.24) is 14.9 Å². The van der Waals surface area contributed by atoms with Crippen molar-refractivity contribution in [2.45, 2.75) is 18.4 Å². The molecule has 0 bridgehead atoms. The third-order valence-electron chi connectivity index (χ3n) is 4.59. The van der Waals surface area contributed by atoms with E-state index in [1.165, 1.54) is 13.2 Å². The maximum absolute atomic E-state index is 13.0. The molecule has 152 valence electrons. The molecule has 30 heavy (non-hydrogen) atoms. The number of methoxy groups -OCH3 is 1. The maximum Gasteiger partial charge on any atom is 0.264 e. The van der Waals surface area contributed by atoms with Crippen LogP contribution in [0.25, 0.3) is 11.0 Å². The number of nitrogens with zero attached hydrogens (tertiary/aromatic N) is 4. The summed E-state index contributed by atoms with van der Waals surface area (Å²) < 4.78 is 40.9. The minimum atomic E-state index is -4.08. The second-order valence-corrected chi connectivity index (χ2v) is 8.22. The van der Waals surface area contributed by atoms with E-state index in [4.69, 9.17) is 9.26 Å². The zero-order chi connectivity index (χ0) is 21.3. The van der Waals surface area contributed by atoms with Gasteiger partial charge in [0, 0.05) is 12.4 Å². The van der Waals surface area contributed by atoms with Crippen molar-refractivity contribution in [2.24, 2.45) is 0 Å². The largest absolute Gasteiger partial charge is 0.496 e. The van der Waals surface area contributed by atoms with Crippen molar-refractivity contribution >= 4 is 26.8 Å². The highest BCUT2D eigenvalue weighted by atomic mass is 32.2. The number of aromatic nitrogens is 3. The van der Waals surface area contributed by atoms with Crippen LogP contribution in [0.3, 0.4) is 0 Å². The number of aryl methyl sites for hydroxylation is 1. The topological polar surface area (TPSA) is 123 Å². The van der Waals surface area contributed by atoms with Crippen molar-refractivity contribution < 1.29 is 17.7 Å². The molecule has 0 aliphatic heterocycles. The molecule has 1 N–H and O–H groups in total. The van der Waals surface area contributed by atoms with E-state index >= 15 is 0 Å². The molecule has 0 spiro atoms. The molecule has 4 rings (SSSR count). The highest BCUT2D eigenvalue weighted by Crippen LogP contribution is 2.35. The fourth-order valence-corrected chi connectivity index (χ4v) is 4.42. The number of rotatable bonds is 6. The fourth-order valence-electron chi connectivity index (χ4n) is 3.18. The summed E-state index contributed by atoms with van der Waals surface area (Å²) in [6.07, 6.45) is 3.50. The van der Waals surface area contributed by atoms with Gasteiger partial charge < -0.3 is 9.26 Å². The summed E-state index contributed by atoms with van der Waals surface area (Å²) in [6, 6.07) is 11.9. The summed E-state index contributed by atoms with van der Waals surface area (Å²) in [5, 5.41) is 17.8. The molecule has 0 aliphatic rings. The quantitative estimate of drug-likeness (QED) is 0.505. The Balaban J connectivity index is 1.75. The number of anilines is 1. The molecule has 10 heteroatoms. The fraction of sp³-hybridized carbons (Fsp3) is 0.150. The van der Waals surface area contributed by atoms with Crippen molar-refractivity contribution in [1.29, 1.82) is 5.26 Å². The summed E-state index contributed by atoms with van der Waals surface area (Å²) in [6.45, 7) is 2.16. The van der Waals surface area contributed by atoms with Crippen LogP contribution in [0, 0.1) is 18.3 Å². The van der Waals surface area contributed by atoms with Crippen molar-refractivity contribution in [3.63, 3.8) is 0 Å². The van der Waals surface area contributed by atoms with Crippen LogP contribution >= 0.6 is 0 Å². The van der Waals surface area contributed by atoms with Gasteiger partial charge in [-0.1, -0.05) is 17.3 Å². The number of ether oxygens (including phenoxy) is 1. The van der Waals surface area contributed by atoms with Gasteiger partial charge in [0.1, 0.15) is 22.1 Å². The van der Waals surface area contributed by atoms with Crippen LogP contribution in [0.15, 0.2) is 58.2 Å². The van der Waals surface area contributed by atoms with Crippen LogP contribution in [0.1, 0.15) is 16.7 Å². The third-order valence-corrected chi connectivity index (χ3v) is 5.97. The van der Waals surface area contributed by atoms with E-state index in [9.17, 15) is 13.7 Å². The van der Waals surface area contributed by atoms with E-state index in [2.05, 4.69) is 15.0 Å². The Bertz CT molecular complexity index is 1370.